The summed E-state index contributed by atoms with van der Waals surface area (Å²) in [6.07, 6.45) is 4.00. The van der Waals surface area contributed by atoms with Crippen LogP contribution in [0.25, 0.3) is 10.8 Å². The first-order valence-electron chi connectivity index (χ1n) is 3.32. The summed E-state index contributed by atoms with van der Waals surface area (Å²) in [4.78, 5) is 3.06. The highest BCUT2D eigenvalue weighted by molar-refractivity contribution is 5.84. The Morgan fingerprint density at radius 2 is 2.30 bits per heavy atom. The molecule has 0 bridgehead atoms. The Kier molecular flexibility index (Phi) is 1.04. The molecule has 1 aromatic heterocycles. The van der Waals surface area contributed by atoms with Crippen LogP contribution in [-0.4, -0.2) is 4.98 Å². The largest absolute Gasteiger partial charge is 0.366 e. The molecule has 1 nitrogen and oxygen atoms in total. The average Bonchev–Trinajstić information content (AvgIpc) is 2.36. The number of nitrogens with one attached hydrogen (secondary N) is 1. The topological polar surface area (TPSA) is 15.8 Å². The van der Waals surface area contributed by atoms with E-state index >= 15 is 0 Å². The third kappa shape index (κ3) is 0.637. The molecule has 0 saturated carbocycles. The second kappa shape index (κ2) is 1.87. The Hall–Kier alpha value is -1.24. The van der Waals surface area contributed by atoms with Gasteiger partial charge < -0.3 is 4.98 Å². The lowest BCUT2D eigenvalue weighted by Crippen LogP contribution is -1.70. The van der Waals surface area contributed by atoms with E-state index in [1.165, 1.54) is 16.3 Å². The molecule has 0 saturated heterocycles. The highest BCUT2D eigenvalue weighted by Crippen LogP contribution is 2.15. The van der Waals surface area contributed by atoms with Crippen LogP contribution in [0.4, 0.5) is 0 Å². The van der Waals surface area contributed by atoms with Crippen LogP contribution in [0.2, 0.25) is 0 Å². The van der Waals surface area contributed by atoms with Crippen LogP contribution >= 0.6 is 0 Å². The average molecular weight is 130 g/mol. The van der Waals surface area contributed by atoms with Gasteiger partial charge in [0.25, 0.3) is 0 Å². The van der Waals surface area contributed by atoms with Crippen molar-refractivity contribution in [3.8, 4) is 0 Å². The highest BCUT2D eigenvalue weighted by Gasteiger charge is 1.94. The molecule has 0 fully saturated rings. The molecule has 0 amide bonds. The minimum Gasteiger partial charge on any atom is -0.366 e. The summed E-state index contributed by atoms with van der Waals surface area (Å²) in [6.45, 7) is 2.07. The fourth-order valence-electron chi connectivity index (χ4n) is 1.17. The maximum absolute atomic E-state index is 3.14. The van der Waals surface area contributed by atoms with E-state index in [1.807, 2.05) is 18.5 Å². The van der Waals surface area contributed by atoms with E-state index in [0.29, 0.717) is 0 Å². The number of rotatable bonds is 0. The lowest BCUT2D eigenvalue weighted by Gasteiger charge is -1.90. The van der Waals surface area contributed by atoms with E-state index in [4.69, 9.17) is 0 Å². The van der Waals surface area contributed by atoms with Gasteiger partial charge in [-0.1, -0.05) is 12.1 Å². The molecule has 2 aromatic rings. The van der Waals surface area contributed by atoms with Crippen molar-refractivity contribution in [2.24, 2.45) is 0 Å². The van der Waals surface area contributed by atoms with E-state index in [9.17, 15) is 0 Å². The van der Waals surface area contributed by atoms with Crippen molar-refractivity contribution in [3.05, 3.63) is 36.2 Å². The minimum absolute atomic E-state index is 1.21. The van der Waals surface area contributed by atoms with Gasteiger partial charge in [-0.15, -0.1) is 0 Å². The maximum atomic E-state index is 3.14. The van der Waals surface area contributed by atoms with Crippen molar-refractivity contribution in [3.63, 3.8) is 0 Å². The molecule has 49 valence electrons. The third-order valence-electron chi connectivity index (χ3n) is 1.74. The summed E-state index contributed by atoms with van der Waals surface area (Å²) < 4.78 is 0. The van der Waals surface area contributed by atoms with Gasteiger partial charge in [0, 0.05) is 17.8 Å². The highest BCUT2D eigenvalue weighted by atomic mass is 14.6. The molecule has 1 radical (unpaired) electrons. The fraction of sp³-hybridized carbons (Fsp3) is 0.111. The molecule has 2 rings (SSSR count). The van der Waals surface area contributed by atoms with Crippen molar-refractivity contribution in [2.75, 3.05) is 0 Å². The summed E-state index contributed by atoms with van der Waals surface area (Å²) >= 11 is 0. The monoisotopic (exact) mass is 130 g/mol. The first-order valence-corrected chi connectivity index (χ1v) is 3.32. The number of hydrogen-bond donors (Lipinski definition) is 1. The van der Waals surface area contributed by atoms with Gasteiger partial charge in [0.15, 0.2) is 0 Å². The van der Waals surface area contributed by atoms with Crippen molar-refractivity contribution in [1.82, 2.24) is 4.98 Å². The van der Waals surface area contributed by atoms with Crippen LogP contribution in [0.1, 0.15) is 5.56 Å². The van der Waals surface area contributed by atoms with Crippen LogP contribution in [0.3, 0.4) is 0 Å². The smallest absolute Gasteiger partial charge is 0.00872 e. The maximum Gasteiger partial charge on any atom is 0.00872 e. The van der Waals surface area contributed by atoms with Crippen molar-refractivity contribution in [1.29, 1.82) is 0 Å². The van der Waals surface area contributed by atoms with Gasteiger partial charge in [0.1, 0.15) is 0 Å². The SMILES string of the molecule is Cc1[c]ccc2c[nH]cc12. The Balaban J connectivity index is 2.95. The van der Waals surface area contributed by atoms with Gasteiger partial charge in [-0.25, -0.2) is 0 Å². The number of H-pyrrole nitrogens is 1. The molecule has 1 heterocycles. The van der Waals surface area contributed by atoms with Crippen LogP contribution in [0, 0.1) is 13.0 Å². The molecular formula is C9H8N. The van der Waals surface area contributed by atoms with Crippen LogP contribution in [-0.2, 0) is 0 Å². The molecule has 0 aliphatic heterocycles. The van der Waals surface area contributed by atoms with Gasteiger partial charge in [-0.05, 0) is 23.9 Å². The fourth-order valence-corrected chi connectivity index (χ4v) is 1.17. The van der Waals surface area contributed by atoms with Gasteiger partial charge in [-0.3, -0.25) is 0 Å². The standard InChI is InChI=1S/C9H8N/c1-7-3-2-4-8-5-10-6-9(7)8/h2,4-6,10H,1H3. The number of fused-ring (bicyclic) bond motifs is 1. The first-order chi connectivity index (χ1) is 4.88. The number of aryl methyl sites for hydroxylation is 1. The summed E-state index contributed by atoms with van der Waals surface area (Å²) in [5.74, 6) is 0. The second-order valence-electron chi connectivity index (χ2n) is 2.43. The van der Waals surface area contributed by atoms with Crippen LogP contribution in [0.15, 0.2) is 24.5 Å². The second-order valence-corrected chi connectivity index (χ2v) is 2.43. The Morgan fingerprint density at radius 3 is 3.10 bits per heavy atom. The molecule has 1 aromatic carbocycles. The minimum atomic E-state index is 1.21. The number of aromatic nitrogens is 1. The van der Waals surface area contributed by atoms with Gasteiger partial charge in [0.2, 0.25) is 0 Å². The zero-order chi connectivity index (χ0) is 6.97. The molecule has 10 heavy (non-hydrogen) atoms. The molecule has 1 heteroatoms. The summed E-state index contributed by atoms with van der Waals surface area (Å²) in [6, 6.07) is 7.14. The van der Waals surface area contributed by atoms with E-state index in [-0.39, 0.29) is 0 Å². The molecule has 0 atom stereocenters. The number of aromatic amines is 1. The Morgan fingerprint density at radius 1 is 1.40 bits per heavy atom. The third-order valence-corrected chi connectivity index (χ3v) is 1.74. The van der Waals surface area contributed by atoms with Crippen molar-refractivity contribution >= 4 is 10.8 Å². The Bertz CT molecular complexity index is 346. The molecule has 0 aliphatic rings. The summed E-state index contributed by atoms with van der Waals surface area (Å²) in [5, 5.41) is 2.53. The zero-order valence-electron chi connectivity index (χ0n) is 5.81. The lowest BCUT2D eigenvalue weighted by atomic mass is 10.1. The van der Waals surface area contributed by atoms with Crippen LogP contribution < -0.4 is 0 Å². The van der Waals surface area contributed by atoms with E-state index < -0.39 is 0 Å². The number of benzene rings is 1. The van der Waals surface area contributed by atoms with Crippen LogP contribution in [0.5, 0.6) is 0 Å². The van der Waals surface area contributed by atoms with Crippen molar-refractivity contribution < 1.29 is 0 Å². The van der Waals surface area contributed by atoms with E-state index in [0.717, 1.165) is 0 Å². The van der Waals surface area contributed by atoms with Crippen molar-refractivity contribution in [2.45, 2.75) is 6.92 Å². The molecular weight excluding hydrogens is 122 g/mol. The van der Waals surface area contributed by atoms with Gasteiger partial charge in [0.05, 0.1) is 0 Å². The normalized spacial score (nSPS) is 10.5. The predicted octanol–water partition coefficient (Wildman–Crippen LogP) is 2.28. The predicted molar refractivity (Wildman–Crippen MR) is 41.9 cm³/mol. The zero-order valence-corrected chi connectivity index (χ0v) is 5.81. The van der Waals surface area contributed by atoms with Gasteiger partial charge >= 0.3 is 0 Å². The summed E-state index contributed by atoms with van der Waals surface area (Å²) in [5.41, 5.74) is 1.21. The quantitative estimate of drug-likeness (QED) is 0.563. The van der Waals surface area contributed by atoms with E-state index in [1.54, 1.807) is 0 Å². The first kappa shape index (κ1) is 5.54. The number of hydrogen-bond acceptors (Lipinski definition) is 0. The molecule has 0 aliphatic carbocycles. The summed E-state index contributed by atoms with van der Waals surface area (Å²) in [7, 11) is 0. The van der Waals surface area contributed by atoms with E-state index in [2.05, 4.69) is 24.0 Å². The molecule has 1 N–H and O–H groups in total. The Labute approximate surface area is 59.7 Å². The van der Waals surface area contributed by atoms with Gasteiger partial charge in [-0.2, -0.15) is 0 Å². The molecule has 0 spiro atoms. The molecule has 0 unspecified atom stereocenters. The lowest BCUT2D eigenvalue weighted by molar-refractivity contribution is 1.42.